The van der Waals surface area contributed by atoms with Crippen molar-refractivity contribution < 1.29 is 4.74 Å². The maximum Gasteiger partial charge on any atom is 0.138 e. The fourth-order valence-electron chi connectivity index (χ4n) is 1.45. The van der Waals surface area contributed by atoms with Crippen LogP contribution in [0.1, 0.15) is 19.7 Å². The quantitative estimate of drug-likeness (QED) is 0.743. The van der Waals surface area contributed by atoms with Crippen LogP contribution in [0, 0.1) is 5.92 Å². The molecule has 0 bridgehead atoms. The monoisotopic (exact) mass is 212 g/mol. The van der Waals surface area contributed by atoms with Gasteiger partial charge in [-0.1, -0.05) is 13.8 Å². The lowest BCUT2D eigenvalue weighted by Crippen LogP contribution is -2.29. The normalized spacial score (nSPS) is 13.4. The fourth-order valence-corrected chi connectivity index (χ4v) is 1.45. The van der Waals surface area contributed by atoms with Crippen molar-refractivity contribution >= 4 is 0 Å². The van der Waals surface area contributed by atoms with E-state index in [0.29, 0.717) is 18.9 Å². The highest BCUT2D eigenvalue weighted by molar-refractivity contribution is 4.89. The number of ether oxygens (including phenoxy) is 1. The van der Waals surface area contributed by atoms with E-state index in [-0.39, 0.29) is 6.04 Å². The lowest BCUT2D eigenvalue weighted by molar-refractivity contribution is 0.178. The second-order valence-electron chi connectivity index (χ2n) is 4.17. The molecule has 0 fully saturated rings. The molecule has 5 heteroatoms. The Morgan fingerprint density at radius 2 is 2.27 bits per heavy atom. The van der Waals surface area contributed by atoms with Crippen molar-refractivity contribution in [3.8, 4) is 0 Å². The second-order valence-corrected chi connectivity index (χ2v) is 4.17. The molecule has 1 heterocycles. The molecule has 1 unspecified atom stereocenters. The van der Waals surface area contributed by atoms with Gasteiger partial charge in [0, 0.05) is 26.1 Å². The molecule has 15 heavy (non-hydrogen) atoms. The minimum Gasteiger partial charge on any atom is -0.383 e. The summed E-state index contributed by atoms with van der Waals surface area (Å²) in [5.74, 6) is 1.50. The Labute approximate surface area is 90.6 Å². The van der Waals surface area contributed by atoms with Crippen LogP contribution in [-0.4, -0.2) is 34.5 Å². The summed E-state index contributed by atoms with van der Waals surface area (Å²) in [6.07, 6.45) is 2.29. The predicted octanol–water partition coefficient (Wildman–Crippen LogP) is 0.450. The maximum absolute atomic E-state index is 5.87. The standard InChI is InChI=1S/C10H20N4O/c1-8(2)5-14-10(12-7-13-14)4-9(11)6-15-3/h7-9H,4-6,11H2,1-3H3. The summed E-state index contributed by atoms with van der Waals surface area (Å²) in [7, 11) is 1.65. The van der Waals surface area contributed by atoms with Crippen molar-refractivity contribution in [3.63, 3.8) is 0 Å². The average Bonchev–Trinajstić information content (AvgIpc) is 2.52. The van der Waals surface area contributed by atoms with Crippen LogP contribution < -0.4 is 5.73 Å². The van der Waals surface area contributed by atoms with Gasteiger partial charge in [-0.05, 0) is 5.92 Å². The molecule has 0 amide bonds. The van der Waals surface area contributed by atoms with Crippen LogP contribution in [0.4, 0.5) is 0 Å². The molecule has 0 radical (unpaired) electrons. The van der Waals surface area contributed by atoms with E-state index in [0.717, 1.165) is 12.4 Å². The Morgan fingerprint density at radius 3 is 2.87 bits per heavy atom. The third-order valence-electron chi connectivity index (χ3n) is 2.06. The number of nitrogens with zero attached hydrogens (tertiary/aromatic N) is 3. The van der Waals surface area contributed by atoms with Crippen LogP contribution in [0.2, 0.25) is 0 Å². The van der Waals surface area contributed by atoms with Gasteiger partial charge in [0.25, 0.3) is 0 Å². The van der Waals surface area contributed by atoms with E-state index < -0.39 is 0 Å². The molecular weight excluding hydrogens is 192 g/mol. The molecule has 0 spiro atoms. The molecule has 0 saturated heterocycles. The Morgan fingerprint density at radius 1 is 1.53 bits per heavy atom. The third-order valence-corrected chi connectivity index (χ3v) is 2.06. The van der Waals surface area contributed by atoms with Crippen molar-refractivity contribution in [1.29, 1.82) is 0 Å². The number of rotatable bonds is 6. The highest BCUT2D eigenvalue weighted by atomic mass is 16.5. The second kappa shape index (κ2) is 5.82. The summed E-state index contributed by atoms with van der Waals surface area (Å²) in [4.78, 5) is 4.21. The van der Waals surface area contributed by atoms with Crippen molar-refractivity contribution in [2.75, 3.05) is 13.7 Å². The lowest BCUT2D eigenvalue weighted by Gasteiger charge is -2.12. The first kappa shape index (κ1) is 12.1. The van der Waals surface area contributed by atoms with Crippen molar-refractivity contribution in [2.45, 2.75) is 32.9 Å². The van der Waals surface area contributed by atoms with Gasteiger partial charge in [0.15, 0.2) is 0 Å². The van der Waals surface area contributed by atoms with Crippen LogP contribution >= 0.6 is 0 Å². The smallest absolute Gasteiger partial charge is 0.138 e. The molecule has 1 rings (SSSR count). The zero-order valence-corrected chi connectivity index (χ0v) is 9.68. The number of aromatic nitrogens is 3. The number of methoxy groups -OCH3 is 1. The van der Waals surface area contributed by atoms with Crippen LogP contribution in [0.15, 0.2) is 6.33 Å². The van der Waals surface area contributed by atoms with E-state index in [4.69, 9.17) is 10.5 Å². The van der Waals surface area contributed by atoms with Gasteiger partial charge in [0.2, 0.25) is 0 Å². The van der Waals surface area contributed by atoms with Crippen LogP contribution in [0.25, 0.3) is 0 Å². The van der Waals surface area contributed by atoms with E-state index in [1.165, 1.54) is 0 Å². The van der Waals surface area contributed by atoms with Gasteiger partial charge in [-0.3, -0.25) is 0 Å². The van der Waals surface area contributed by atoms with Gasteiger partial charge in [-0.15, -0.1) is 0 Å². The van der Waals surface area contributed by atoms with Gasteiger partial charge in [0.05, 0.1) is 6.61 Å². The van der Waals surface area contributed by atoms with E-state index in [9.17, 15) is 0 Å². The van der Waals surface area contributed by atoms with Crippen LogP contribution in [-0.2, 0) is 17.7 Å². The molecule has 1 aromatic heterocycles. The molecule has 5 nitrogen and oxygen atoms in total. The maximum atomic E-state index is 5.87. The molecule has 0 aromatic carbocycles. The summed E-state index contributed by atoms with van der Waals surface area (Å²) >= 11 is 0. The lowest BCUT2D eigenvalue weighted by atomic mass is 10.2. The van der Waals surface area contributed by atoms with Crippen molar-refractivity contribution in [3.05, 3.63) is 12.2 Å². The van der Waals surface area contributed by atoms with Crippen molar-refractivity contribution in [2.24, 2.45) is 11.7 Å². The SMILES string of the molecule is COCC(N)Cc1ncnn1CC(C)C. The Kier molecular flexibility index (Phi) is 4.71. The van der Waals surface area contributed by atoms with Crippen molar-refractivity contribution in [1.82, 2.24) is 14.8 Å². The summed E-state index contributed by atoms with van der Waals surface area (Å²) in [6.45, 7) is 5.74. The average molecular weight is 212 g/mol. The van der Waals surface area contributed by atoms with Crippen LogP contribution in [0.3, 0.4) is 0 Å². The minimum atomic E-state index is -0.00916. The van der Waals surface area contributed by atoms with Gasteiger partial charge in [-0.25, -0.2) is 9.67 Å². The number of nitrogens with two attached hydrogens (primary N) is 1. The summed E-state index contributed by atoms with van der Waals surface area (Å²) < 4.78 is 6.91. The van der Waals surface area contributed by atoms with Gasteiger partial charge >= 0.3 is 0 Å². The first-order valence-corrected chi connectivity index (χ1v) is 5.24. The van der Waals surface area contributed by atoms with Gasteiger partial charge in [0.1, 0.15) is 12.2 Å². The molecule has 0 saturated carbocycles. The third kappa shape index (κ3) is 3.97. The number of hydrogen-bond acceptors (Lipinski definition) is 4. The largest absolute Gasteiger partial charge is 0.383 e. The Bertz CT molecular complexity index is 285. The molecule has 1 aromatic rings. The first-order chi connectivity index (χ1) is 7.13. The van der Waals surface area contributed by atoms with E-state index >= 15 is 0 Å². The molecule has 0 aliphatic heterocycles. The Hall–Kier alpha value is -0.940. The molecular formula is C10H20N4O. The van der Waals surface area contributed by atoms with Gasteiger partial charge < -0.3 is 10.5 Å². The molecule has 86 valence electrons. The first-order valence-electron chi connectivity index (χ1n) is 5.24. The summed E-state index contributed by atoms with van der Waals surface area (Å²) in [5.41, 5.74) is 5.87. The zero-order chi connectivity index (χ0) is 11.3. The highest BCUT2D eigenvalue weighted by Gasteiger charge is 2.10. The van der Waals surface area contributed by atoms with E-state index in [1.54, 1.807) is 13.4 Å². The number of hydrogen-bond donors (Lipinski definition) is 1. The minimum absolute atomic E-state index is 0.00916. The summed E-state index contributed by atoms with van der Waals surface area (Å²) in [6, 6.07) is -0.00916. The molecule has 0 aliphatic rings. The highest BCUT2D eigenvalue weighted by Crippen LogP contribution is 2.03. The topological polar surface area (TPSA) is 66.0 Å². The van der Waals surface area contributed by atoms with E-state index in [1.807, 2.05) is 4.68 Å². The molecule has 2 N–H and O–H groups in total. The van der Waals surface area contributed by atoms with Gasteiger partial charge in [-0.2, -0.15) is 5.10 Å². The van der Waals surface area contributed by atoms with E-state index in [2.05, 4.69) is 23.9 Å². The molecule has 0 aliphatic carbocycles. The fraction of sp³-hybridized carbons (Fsp3) is 0.800. The Balaban J connectivity index is 2.56. The summed E-state index contributed by atoms with van der Waals surface area (Å²) in [5, 5.41) is 4.18. The van der Waals surface area contributed by atoms with Crippen LogP contribution in [0.5, 0.6) is 0 Å². The predicted molar refractivity (Wildman–Crippen MR) is 58.4 cm³/mol. The molecule has 1 atom stereocenters. The zero-order valence-electron chi connectivity index (χ0n) is 9.68.